The minimum Gasteiger partial charge on any atom is -0.480 e. The minimum absolute atomic E-state index is 0.0596. The van der Waals surface area contributed by atoms with E-state index < -0.39 is 5.97 Å². The molecule has 3 rings (SSSR count). The number of nitrogens with one attached hydrogen (secondary N) is 2. The van der Waals surface area contributed by atoms with E-state index in [1.807, 2.05) is 4.90 Å². The van der Waals surface area contributed by atoms with Crippen LogP contribution < -0.4 is 10.9 Å². The molecule has 0 saturated heterocycles. The largest absolute Gasteiger partial charge is 0.480 e. The molecular formula is C17H23N3O4. The number of rotatable bonds is 7. The van der Waals surface area contributed by atoms with Gasteiger partial charge in [0.15, 0.2) is 0 Å². The van der Waals surface area contributed by atoms with Crippen molar-refractivity contribution in [2.45, 2.75) is 44.7 Å². The molecule has 7 heteroatoms. The van der Waals surface area contributed by atoms with Crippen LogP contribution in [-0.4, -0.2) is 52.0 Å². The summed E-state index contributed by atoms with van der Waals surface area (Å²) in [6.45, 7) is 2.65. The monoisotopic (exact) mass is 333 g/mol. The standard InChI is InChI=1S/C17H23N3O4/c1-10-4-15(21)18-7-14(10)17(24)19-12-5-13(6-12)20(9-16(22)23)8-11-2-3-11/h4,7,11-13H,2-3,5-6,8-9H2,1H3,(H,18,21)(H,19,24)(H,22,23). The number of pyridine rings is 1. The van der Waals surface area contributed by atoms with E-state index in [1.165, 1.54) is 25.1 Å². The molecule has 2 aliphatic carbocycles. The summed E-state index contributed by atoms with van der Waals surface area (Å²) in [5.74, 6) is -0.354. The van der Waals surface area contributed by atoms with Gasteiger partial charge in [-0.1, -0.05) is 0 Å². The molecule has 0 atom stereocenters. The van der Waals surface area contributed by atoms with Gasteiger partial charge < -0.3 is 15.4 Å². The lowest BCUT2D eigenvalue weighted by Gasteiger charge is -2.42. The van der Waals surface area contributed by atoms with Crippen molar-refractivity contribution in [2.75, 3.05) is 13.1 Å². The number of hydrogen-bond donors (Lipinski definition) is 3. The summed E-state index contributed by atoms with van der Waals surface area (Å²) >= 11 is 0. The van der Waals surface area contributed by atoms with Crippen molar-refractivity contribution in [1.29, 1.82) is 0 Å². The van der Waals surface area contributed by atoms with Gasteiger partial charge in [-0.2, -0.15) is 0 Å². The van der Waals surface area contributed by atoms with E-state index in [2.05, 4.69) is 10.3 Å². The normalized spacial score (nSPS) is 22.9. The van der Waals surface area contributed by atoms with Crippen molar-refractivity contribution in [3.63, 3.8) is 0 Å². The molecule has 0 unspecified atom stereocenters. The van der Waals surface area contributed by atoms with Crippen LogP contribution in [0, 0.1) is 12.8 Å². The van der Waals surface area contributed by atoms with Crippen LogP contribution in [0.2, 0.25) is 0 Å². The number of carbonyl (C=O) groups is 2. The maximum absolute atomic E-state index is 12.3. The van der Waals surface area contributed by atoms with Gasteiger partial charge >= 0.3 is 5.97 Å². The molecule has 2 aliphatic rings. The van der Waals surface area contributed by atoms with Crippen molar-refractivity contribution < 1.29 is 14.7 Å². The molecule has 1 aromatic heterocycles. The second kappa shape index (κ2) is 6.76. The second-order valence-corrected chi connectivity index (χ2v) is 6.96. The number of amides is 1. The topological polar surface area (TPSA) is 103 Å². The highest BCUT2D eigenvalue weighted by Gasteiger charge is 2.37. The molecule has 130 valence electrons. The fraction of sp³-hybridized carbons (Fsp3) is 0.588. The number of hydrogen-bond acceptors (Lipinski definition) is 4. The van der Waals surface area contributed by atoms with E-state index in [0.29, 0.717) is 17.0 Å². The summed E-state index contributed by atoms with van der Waals surface area (Å²) in [6, 6.07) is 1.69. The van der Waals surface area contributed by atoms with E-state index in [-0.39, 0.29) is 30.1 Å². The molecule has 24 heavy (non-hydrogen) atoms. The third-order valence-corrected chi connectivity index (χ3v) is 4.87. The van der Waals surface area contributed by atoms with Gasteiger partial charge in [-0.15, -0.1) is 0 Å². The molecule has 2 fully saturated rings. The molecule has 0 aromatic carbocycles. The first-order valence-corrected chi connectivity index (χ1v) is 8.38. The van der Waals surface area contributed by atoms with E-state index in [1.54, 1.807) is 6.92 Å². The number of carboxylic acid groups (broad SMARTS) is 1. The van der Waals surface area contributed by atoms with Crippen molar-refractivity contribution >= 4 is 11.9 Å². The zero-order chi connectivity index (χ0) is 17.3. The lowest BCUT2D eigenvalue weighted by Crippen LogP contribution is -2.55. The first kappa shape index (κ1) is 16.7. The van der Waals surface area contributed by atoms with E-state index in [9.17, 15) is 14.4 Å². The molecule has 2 saturated carbocycles. The Hall–Kier alpha value is -2.15. The summed E-state index contributed by atoms with van der Waals surface area (Å²) in [5.41, 5.74) is 0.893. The Morgan fingerprint density at radius 2 is 2.08 bits per heavy atom. The van der Waals surface area contributed by atoms with Crippen molar-refractivity contribution in [3.05, 3.63) is 33.7 Å². The first-order valence-electron chi connectivity index (χ1n) is 8.38. The number of aryl methyl sites for hydroxylation is 1. The molecule has 3 N–H and O–H groups in total. The fourth-order valence-electron chi connectivity index (χ4n) is 3.23. The average Bonchev–Trinajstić information content (AvgIpc) is 3.24. The van der Waals surface area contributed by atoms with Crippen LogP contribution in [0.3, 0.4) is 0 Å². The number of H-pyrrole nitrogens is 1. The maximum atomic E-state index is 12.3. The van der Waals surface area contributed by atoms with Gasteiger partial charge in [-0.25, -0.2) is 0 Å². The number of aromatic amines is 1. The van der Waals surface area contributed by atoms with E-state index >= 15 is 0 Å². The molecule has 0 spiro atoms. The Labute approximate surface area is 140 Å². The van der Waals surface area contributed by atoms with Crippen LogP contribution in [0.15, 0.2) is 17.1 Å². The quantitative estimate of drug-likeness (QED) is 0.683. The highest BCUT2D eigenvalue weighted by molar-refractivity contribution is 5.95. The van der Waals surface area contributed by atoms with Gasteiger partial charge in [-0.05, 0) is 44.1 Å². The Kier molecular flexibility index (Phi) is 4.71. The zero-order valence-corrected chi connectivity index (χ0v) is 13.7. The van der Waals surface area contributed by atoms with Crippen LogP contribution in [0.25, 0.3) is 0 Å². The van der Waals surface area contributed by atoms with Crippen molar-refractivity contribution in [2.24, 2.45) is 5.92 Å². The molecular weight excluding hydrogens is 310 g/mol. The van der Waals surface area contributed by atoms with Gasteiger partial charge in [0, 0.05) is 30.9 Å². The number of carboxylic acids is 1. The SMILES string of the molecule is Cc1cc(=O)[nH]cc1C(=O)NC1CC(N(CC(=O)O)CC2CC2)C1. The van der Waals surface area contributed by atoms with Gasteiger partial charge in [0.2, 0.25) is 5.56 Å². The van der Waals surface area contributed by atoms with Gasteiger partial charge in [-0.3, -0.25) is 19.3 Å². The van der Waals surface area contributed by atoms with Gasteiger partial charge in [0.05, 0.1) is 12.1 Å². The predicted octanol–water partition coefficient (Wildman–Crippen LogP) is 0.741. The summed E-state index contributed by atoms with van der Waals surface area (Å²) in [5, 5.41) is 12.0. The van der Waals surface area contributed by atoms with Crippen LogP contribution in [0.5, 0.6) is 0 Å². The average molecular weight is 333 g/mol. The Morgan fingerprint density at radius 1 is 1.38 bits per heavy atom. The zero-order valence-electron chi connectivity index (χ0n) is 13.7. The molecule has 0 radical (unpaired) electrons. The lowest BCUT2D eigenvalue weighted by atomic mass is 9.85. The van der Waals surface area contributed by atoms with Crippen LogP contribution in [0.4, 0.5) is 0 Å². The highest BCUT2D eigenvalue weighted by Crippen LogP contribution is 2.33. The minimum atomic E-state index is -0.799. The van der Waals surface area contributed by atoms with Crippen molar-refractivity contribution in [1.82, 2.24) is 15.2 Å². The third-order valence-electron chi connectivity index (χ3n) is 4.87. The highest BCUT2D eigenvalue weighted by atomic mass is 16.4. The van der Waals surface area contributed by atoms with E-state index in [0.717, 1.165) is 19.4 Å². The number of carbonyl (C=O) groups excluding carboxylic acids is 1. The van der Waals surface area contributed by atoms with E-state index in [4.69, 9.17) is 5.11 Å². The van der Waals surface area contributed by atoms with Crippen molar-refractivity contribution in [3.8, 4) is 0 Å². The number of aromatic nitrogens is 1. The fourth-order valence-corrected chi connectivity index (χ4v) is 3.23. The third kappa shape index (κ3) is 4.03. The number of nitrogens with zero attached hydrogens (tertiary/aromatic N) is 1. The molecule has 1 amide bonds. The summed E-state index contributed by atoms with van der Waals surface area (Å²) < 4.78 is 0. The Balaban J connectivity index is 1.52. The second-order valence-electron chi connectivity index (χ2n) is 6.96. The molecule has 1 aromatic rings. The van der Waals surface area contributed by atoms with Crippen LogP contribution in [0.1, 0.15) is 41.6 Å². The number of aliphatic carboxylic acids is 1. The first-order chi connectivity index (χ1) is 11.4. The van der Waals surface area contributed by atoms with Gasteiger partial charge in [0.25, 0.3) is 5.91 Å². The maximum Gasteiger partial charge on any atom is 0.317 e. The predicted molar refractivity (Wildman–Crippen MR) is 88.0 cm³/mol. The summed E-state index contributed by atoms with van der Waals surface area (Å²) in [7, 11) is 0. The smallest absolute Gasteiger partial charge is 0.317 e. The molecule has 0 aliphatic heterocycles. The lowest BCUT2D eigenvalue weighted by molar-refractivity contribution is -0.139. The summed E-state index contributed by atoms with van der Waals surface area (Å²) in [6.07, 6.45) is 5.36. The Bertz CT molecular complexity index is 689. The van der Waals surface area contributed by atoms with Gasteiger partial charge in [0.1, 0.15) is 0 Å². The molecule has 0 bridgehead atoms. The summed E-state index contributed by atoms with van der Waals surface area (Å²) in [4.78, 5) is 39.1. The van der Waals surface area contributed by atoms with Crippen LogP contribution >= 0.6 is 0 Å². The molecule has 7 nitrogen and oxygen atoms in total. The molecule has 1 heterocycles. The van der Waals surface area contributed by atoms with Crippen LogP contribution in [-0.2, 0) is 4.79 Å². The Morgan fingerprint density at radius 3 is 2.67 bits per heavy atom.